The van der Waals surface area contributed by atoms with Gasteiger partial charge in [0.1, 0.15) is 17.4 Å². The summed E-state index contributed by atoms with van der Waals surface area (Å²) in [5, 5.41) is 3.95. The van der Waals surface area contributed by atoms with Crippen LogP contribution in [0.1, 0.15) is 27.8 Å². The summed E-state index contributed by atoms with van der Waals surface area (Å²) in [6.45, 7) is 1.24. The summed E-state index contributed by atoms with van der Waals surface area (Å²) in [5.41, 5.74) is 0.467. The molecule has 0 aliphatic rings. The fourth-order valence-electron chi connectivity index (χ4n) is 1.95. The molecule has 5 nitrogen and oxygen atoms in total. The molecule has 0 bridgehead atoms. The van der Waals surface area contributed by atoms with Gasteiger partial charge < -0.3 is 0 Å². The number of carbonyl (C=O) groups is 3. The number of aromatic nitrogens is 2. The number of aryl methyl sites for hydroxylation is 1. The lowest BCUT2D eigenvalue weighted by atomic mass is 9.89. The van der Waals surface area contributed by atoms with Crippen LogP contribution in [-0.4, -0.2) is 27.1 Å². The van der Waals surface area contributed by atoms with E-state index in [0.717, 1.165) is 0 Å². The molecule has 0 saturated carbocycles. The van der Waals surface area contributed by atoms with Crippen LogP contribution in [-0.2, 0) is 11.8 Å². The van der Waals surface area contributed by atoms with Gasteiger partial charge in [-0.25, -0.2) is 0 Å². The average molecular weight is 270 g/mol. The molecule has 0 aliphatic heterocycles. The van der Waals surface area contributed by atoms with Gasteiger partial charge in [-0.05, 0) is 13.0 Å². The molecule has 0 fully saturated rings. The van der Waals surface area contributed by atoms with Crippen molar-refractivity contribution in [1.29, 1.82) is 0 Å². The second-order valence-corrected chi connectivity index (χ2v) is 4.51. The van der Waals surface area contributed by atoms with E-state index in [1.807, 2.05) is 0 Å². The van der Waals surface area contributed by atoms with E-state index in [0.29, 0.717) is 5.56 Å². The number of ketones is 3. The molecule has 0 saturated heterocycles. The van der Waals surface area contributed by atoms with Crippen molar-refractivity contribution >= 4 is 17.3 Å². The molecular formula is C15H14N2O3. The van der Waals surface area contributed by atoms with Crippen molar-refractivity contribution in [1.82, 2.24) is 9.78 Å². The highest BCUT2D eigenvalue weighted by molar-refractivity contribution is 6.27. The highest BCUT2D eigenvalue weighted by atomic mass is 16.2. The zero-order chi connectivity index (χ0) is 14.7. The lowest BCUT2D eigenvalue weighted by Crippen LogP contribution is -2.31. The number of benzene rings is 1. The second-order valence-electron chi connectivity index (χ2n) is 4.51. The largest absolute Gasteiger partial charge is 0.299 e. The van der Waals surface area contributed by atoms with E-state index >= 15 is 0 Å². The molecule has 0 N–H and O–H groups in total. The minimum Gasteiger partial charge on any atom is -0.299 e. The van der Waals surface area contributed by atoms with Gasteiger partial charge in [-0.3, -0.25) is 19.1 Å². The molecule has 2 rings (SSSR count). The predicted molar refractivity (Wildman–Crippen MR) is 72.5 cm³/mol. The quantitative estimate of drug-likeness (QED) is 0.612. The monoisotopic (exact) mass is 270 g/mol. The van der Waals surface area contributed by atoms with E-state index in [9.17, 15) is 14.4 Å². The Balaban J connectivity index is 2.35. The first-order valence-corrected chi connectivity index (χ1v) is 6.14. The van der Waals surface area contributed by atoms with E-state index in [1.165, 1.54) is 17.7 Å². The van der Waals surface area contributed by atoms with Gasteiger partial charge in [-0.2, -0.15) is 5.10 Å². The van der Waals surface area contributed by atoms with Crippen molar-refractivity contribution in [3.05, 3.63) is 53.9 Å². The van der Waals surface area contributed by atoms with Gasteiger partial charge in [-0.1, -0.05) is 30.3 Å². The summed E-state index contributed by atoms with van der Waals surface area (Å²) < 4.78 is 1.46. The van der Waals surface area contributed by atoms with Crippen LogP contribution in [0.2, 0.25) is 0 Å². The van der Waals surface area contributed by atoms with Gasteiger partial charge in [0, 0.05) is 18.8 Å². The molecule has 0 spiro atoms. The third-order valence-corrected chi connectivity index (χ3v) is 2.96. The number of hydrogen-bond acceptors (Lipinski definition) is 4. The molecule has 0 aliphatic carbocycles. The molecule has 20 heavy (non-hydrogen) atoms. The molecule has 1 unspecified atom stereocenters. The summed E-state index contributed by atoms with van der Waals surface area (Å²) in [5.74, 6) is -2.86. The Kier molecular flexibility index (Phi) is 3.89. The van der Waals surface area contributed by atoms with E-state index < -0.39 is 23.3 Å². The van der Waals surface area contributed by atoms with Gasteiger partial charge in [0.05, 0.1) is 0 Å². The van der Waals surface area contributed by atoms with Gasteiger partial charge in [-0.15, -0.1) is 0 Å². The number of rotatable bonds is 5. The van der Waals surface area contributed by atoms with E-state index in [2.05, 4.69) is 5.10 Å². The highest BCUT2D eigenvalue weighted by Crippen LogP contribution is 2.15. The van der Waals surface area contributed by atoms with Crippen molar-refractivity contribution < 1.29 is 14.4 Å². The Morgan fingerprint density at radius 1 is 1.05 bits per heavy atom. The van der Waals surface area contributed by atoms with Gasteiger partial charge in [0.2, 0.25) is 5.78 Å². The summed E-state index contributed by atoms with van der Waals surface area (Å²) in [6.07, 6.45) is 1.59. The molecule has 1 aromatic heterocycles. The smallest absolute Gasteiger partial charge is 0.201 e. The van der Waals surface area contributed by atoms with Gasteiger partial charge in [0.25, 0.3) is 0 Å². The molecule has 1 atom stereocenters. The summed E-state index contributed by atoms with van der Waals surface area (Å²) in [7, 11) is 1.67. The second kappa shape index (κ2) is 5.61. The van der Waals surface area contributed by atoms with Crippen molar-refractivity contribution in [2.24, 2.45) is 13.0 Å². The fraction of sp³-hybridized carbons (Fsp3) is 0.200. The summed E-state index contributed by atoms with van der Waals surface area (Å²) in [6, 6.07) is 9.82. The molecule has 0 radical (unpaired) electrons. The van der Waals surface area contributed by atoms with Crippen LogP contribution in [0.25, 0.3) is 0 Å². The van der Waals surface area contributed by atoms with Crippen LogP contribution in [0.5, 0.6) is 0 Å². The number of nitrogens with zero attached hydrogens (tertiary/aromatic N) is 2. The molecule has 0 amide bonds. The molecular weight excluding hydrogens is 256 g/mol. The first-order valence-electron chi connectivity index (χ1n) is 6.14. The van der Waals surface area contributed by atoms with Crippen molar-refractivity contribution in [2.45, 2.75) is 6.92 Å². The minimum atomic E-state index is -1.33. The molecule has 1 aromatic carbocycles. The molecule has 1 heterocycles. The van der Waals surface area contributed by atoms with Crippen LogP contribution < -0.4 is 0 Å². The van der Waals surface area contributed by atoms with Crippen LogP contribution in [0.15, 0.2) is 42.6 Å². The van der Waals surface area contributed by atoms with Gasteiger partial charge >= 0.3 is 0 Å². The minimum absolute atomic E-state index is 0.122. The SMILES string of the molecule is CC(=O)C(C(=O)c1ccccc1)C(=O)c1ccn(C)n1. The lowest BCUT2D eigenvalue weighted by Gasteiger charge is -2.10. The third-order valence-electron chi connectivity index (χ3n) is 2.96. The lowest BCUT2D eigenvalue weighted by molar-refractivity contribution is -0.118. The number of carbonyl (C=O) groups excluding carboxylic acids is 3. The zero-order valence-electron chi connectivity index (χ0n) is 11.2. The first-order chi connectivity index (χ1) is 9.50. The Labute approximate surface area is 116 Å². The van der Waals surface area contributed by atoms with Crippen molar-refractivity contribution in [3.63, 3.8) is 0 Å². The van der Waals surface area contributed by atoms with Gasteiger partial charge in [0.15, 0.2) is 5.78 Å². The van der Waals surface area contributed by atoms with Crippen LogP contribution in [0, 0.1) is 5.92 Å². The Hall–Kier alpha value is -2.56. The Morgan fingerprint density at radius 2 is 1.70 bits per heavy atom. The highest BCUT2D eigenvalue weighted by Gasteiger charge is 2.33. The third kappa shape index (κ3) is 2.71. The predicted octanol–water partition coefficient (Wildman–Crippen LogP) is 1.69. The Morgan fingerprint density at radius 3 is 2.20 bits per heavy atom. The first kappa shape index (κ1) is 13.9. The maximum atomic E-state index is 12.3. The summed E-state index contributed by atoms with van der Waals surface area (Å²) in [4.78, 5) is 36.3. The molecule has 2 aromatic rings. The molecule has 5 heteroatoms. The van der Waals surface area contributed by atoms with Crippen molar-refractivity contribution in [2.75, 3.05) is 0 Å². The average Bonchev–Trinajstić information content (AvgIpc) is 2.86. The van der Waals surface area contributed by atoms with E-state index in [1.54, 1.807) is 43.6 Å². The van der Waals surface area contributed by atoms with E-state index in [-0.39, 0.29) is 5.69 Å². The van der Waals surface area contributed by atoms with Crippen molar-refractivity contribution in [3.8, 4) is 0 Å². The normalized spacial score (nSPS) is 11.9. The zero-order valence-corrected chi connectivity index (χ0v) is 11.2. The standard InChI is InChI=1S/C15H14N2O3/c1-10(18)13(14(19)11-6-4-3-5-7-11)15(20)12-8-9-17(2)16-12/h3-9,13H,1-2H3. The van der Waals surface area contributed by atoms with Crippen LogP contribution in [0.3, 0.4) is 0 Å². The number of hydrogen-bond donors (Lipinski definition) is 0. The topological polar surface area (TPSA) is 69.0 Å². The van der Waals surface area contributed by atoms with Crippen LogP contribution >= 0.6 is 0 Å². The maximum absolute atomic E-state index is 12.3. The van der Waals surface area contributed by atoms with Crippen LogP contribution in [0.4, 0.5) is 0 Å². The number of Topliss-reactive ketones (excluding diaryl/α,β-unsaturated/α-hetero) is 3. The summed E-state index contributed by atoms with van der Waals surface area (Å²) >= 11 is 0. The maximum Gasteiger partial charge on any atom is 0.201 e. The molecule has 102 valence electrons. The fourth-order valence-corrected chi connectivity index (χ4v) is 1.95. The Bertz CT molecular complexity index is 659. The van der Waals surface area contributed by atoms with E-state index in [4.69, 9.17) is 0 Å².